The molecule has 5 rings (SSSR count). The number of aryl methyl sites for hydroxylation is 1. The Morgan fingerprint density at radius 2 is 1.85 bits per heavy atom. The summed E-state index contributed by atoms with van der Waals surface area (Å²) in [6.45, 7) is 10.1. The maximum absolute atomic E-state index is 12.9. The molecule has 1 aliphatic heterocycles. The fourth-order valence-corrected chi connectivity index (χ4v) is 5.48. The number of halogens is 1. The molecule has 8 nitrogen and oxygen atoms in total. The molecule has 0 radical (unpaired) electrons. The van der Waals surface area contributed by atoms with Crippen LogP contribution < -0.4 is 9.64 Å². The fraction of sp³-hybridized carbons (Fsp3) is 0.367. The Morgan fingerprint density at radius 1 is 1.18 bits per heavy atom. The fourth-order valence-electron chi connectivity index (χ4n) is 5.35. The highest BCUT2D eigenvalue weighted by Gasteiger charge is 2.36. The van der Waals surface area contributed by atoms with Crippen LogP contribution in [0, 0.1) is 13.8 Å². The first kappa shape index (κ1) is 24.4. The van der Waals surface area contributed by atoms with Gasteiger partial charge >= 0.3 is 5.97 Å². The zero-order chi connectivity index (χ0) is 29.9. The predicted octanol–water partition coefficient (Wildman–Crippen LogP) is 6.86. The third-order valence-electron chi connectivity index (χ3n) is 6.81. The minimum Gasteiger partial charge on any atom is -0.491 e. The van der Waals surface area contributed by atoms with E-state index in [1.165, 1.54) is 19.3 Å². The summed E-state index contributed by atoms with van der Waals surface area (Å²) >= 11 is 6.23. The summed E-state index contributed by atoms with van der Waals surface area (Å²) in [6.07, 6.45) is 1.64. The van der Waals surface area contributed by atoms with Crippen LogP contribution in [0.2, 0.25) is 5.02 Å². The number of rotatable bonds is 7. The minimum atomic E-state index is -1.87. The van der Waals surface area contributed by atoms with Gasteiger partial charge in [-0.3, -0.25) is 0 Å². The number of anilines is 2. The number of aromatic nitrogens is 3. The molecule has 0 fully saturated rings. The molecule has 4 aromatic rings. The van der Waals surface area contributed by atoms with Gasteiger partial charge in [-0.1, -0.05) is 23.7 Å². The number of carboxylic acid groups (broad SMARTS) is 1. The smallest absolute Gasteiger partial charge is 0.337 e. The number of hydrogen-bond donors (Lipinski definition) is 1. The molecule has 0 amide bonds. The molecule has 0 spiro atoms. The molecule has 204 valence electrons. The van der Waals surface area contributed by atoms with E-state index in [0.29, 0.717) is 29.6 Å². The van der Waals surface area contributed by atoms with E-state index in [2.05, 4.69) is 20.6 Å². The predicted molar refractivity (Wildman–Crippen MR) is 153 cm³/mol. The van der Waals surface area contributed by atoms with Gasteiger partial charge in [0.25, 0.3) is 0 Å². The highest BCUT2D eigenvalue weighted by Crippen LogP contribution is 2.49. The van der Waals surface area contributed by atoms with Gasteiger partial charge in [0.15, 0.2) is 11.9 Å². The van der Waals surface area contributed by atoms with Crippen LogP contribution in [0.25, 0.3) is 22.0 Å². The van der Waals surface area contributed by atoms with Gasteiger partial charge in [0.1, 0.15) is 0 Å². The summed E-state index contributed by atoms with van der Waals surface area (Å²) in [4.78, 5) is 23.8. The molecule has 0 saturated carbocycles. The molecule has 3 heterocycles. The number of hydrogen-bond acceptors (Lipinski definition) is 6. The van der Waals surface area contributed by atoms with Crippen LogP contribution in [-0.4, -0.2) is 44.3 Å². The van der Waals surface area contributed by atoms with E-state index in [1.54, 1.807) is 12.1 Å². The van der Waals surface area contributed by atoms with Gasteiger partial charge in [-0.15, -0.1) is 0 Å². The molecule has 0 bridgehead atoms. The van der Waals surface area contributed by atoms with E-state index >= 15 is 0 Å². The van der Waals surface area contributed by atoms with Crippen molar-refractivity contribution in [1.29, 1.82) is 0 Å². The molecule has 0 aliphatic carbocycles. The summed E-state index contributed by atoms with van der Waals surface area (Å²) in [6, 6.07) is 9.50. The van der Waals surface area contributed by atoms with E-state index in [0.717, 1.165) is 39.0 Å². The molecule has 9 heteroatoms. The number of ether oxygens (including phenoxy) is 2. The van der Waals surface area contributed by atoms with Gasteiger partial charge in [-0.2, -0.15) is 0 Å². The monoisotopic (exact) mass is 550 g/mol. The van der Waals surface area contributed by atoms with E-state index in [-0.39, 0.29) is 5.75 Å². The molecule has 1 atom stereocenters. The Kier molecular flexibility index (Phi) is 6.37. The minimum absolute atomic E-state index is 0.211. The first-order valence-corrected chi connectivity index (χ1v) is 13.1. The van der Waals surface area contributed by atoms with Crippen molar-refractivity contribution in [3.63, 3.8) is 0 Å². The van der Waals surface area contributed by atoms with Crippen molar-refractivity contribution in [2.45, 2.75) is 59.8 Å². The van der Waals surface area contributed by atoms with Crippen molar-refractivity contribution in [3.05, 3.63) is 64.6 Å². The zero-order valence-electron chi connectivity index (χ0n) is 24.9. The number of carbonyl (C=O) groups is 1. The Bertz CT molecular complexity index is 1620. The average molecular weight is 551 g/mol. The standard InChI is InChI=1S/C30H33ClN4O4/c1-7-38-21-15-32-29(33-16-21)35-13-12-34-17(2)14-22-24(19-8-10-20(31)11-9-19)23(18(3)25(35)26(22)34)27(28(36)37)39-30(4,5)6/h8-11,14-16,27H,7,12-13H2,1-6H3,(H,36,37)/t27-/m0/s1/i7D2. The number of aliphatic carboxylic acids is 1. The first-order chi connectivity index (χ1) is 19.1. The lowest BCUT2D eigenvalue weighted by Gasteiger charge is -2.34. The second-order valence-electron chi connectivity index (χ2n) is 10.6. The topological polar surface area (TPSA) is 89.7 Å². The molecule has 1 aliphatic rings. The maximum atomic E-state index is 12.9. The summed E-state index contributed by atoms with van der Waals surface area (Å²) in [5, 5.41) is 12.0. The molecule has 0 unspecified atom stereocenters. The van der Waals surface area contributed by atoms with Crippen LogP contribution in [0.3, 0.4) is 0 Å². The zero-order valence-corrected chi connectivity index (χ0v) is 23.6. The SMILES string of the molecule is [2H]C([2H])(C)Oc1cnc(N2CCn3c(C)cc4c(-c5ccc(Cl)cc5)c([C@H](OC(C)(C)C)C(=O)O)c(C)c2c43)nc1. The lowest BCUT2D eigenvalue weighted by Crippen LogP contribution is -2.32. The van der Waals surface area contributed by atoms with Gasteiger partial charge in [0.05, 0.1) is 38.5 Å². The Balaban J connectivity index is 1.80. The molecule has 1 N–H and O–H groups in total. The third kappa shape index (κ3) is 4.94. The van der Waals surface area contributed by atoms with Crippen LogP contribution in [-0.2, 0) is 16.1 Å². The van der Waals surface area contributed by atoms with Crippen molar-refractivity contribution in [2.24, 2.45) is 0 Å². The van der Waals surface area contributed by atoms with E-state index in [4.69, 9.17) is 23.8 Å². The van der Waals surface area contributed by atoms with E-state index in [9.17, 15) is 9.90 Å². The Morgan fingerprint density at radius 3 is 2.44 bits per heavy atom. The second-order valence-corrected chi connectivity index (χ2v) is 11.0. The second kappa shape index (κ2) is 10.2. The Hall–Kier alpha value is -3.62. The molecular formula is C30H33ClN4O4. The normalized spacial score (nSPS) is 15.2. The quantitative estimate of drug-likeness (QED) is 0.269. The molecule has 2 aromatic carbocycles. The largest absolute Gasteiger partial charge is 0.491 e. The highest BCUT2D eigenvalue weighted by molar-refractivity contribution is 6.30. The molecular weight excluding hydrogens is 516 g/mol. The van der Waals surface area contributed by atoms with Gasteiger partial charge in [-0.25, -0.2) is 14.8 Å². The van der Waals surface area contributed by atoms with Gasteiger partial charge < -0.3 is 24.0 Å². The van der Waals surface area contributed by atoms with Crippen LogP contribution in [0.15, 0.2) is 42.7 Å². The van der Waals surface area contributed by atoms with Crippen LogP contribution in [0.5, 0.6) is 5.75 Å². The lowest BCUT2D eigenvalue weighted by molar-refractivity contribution is -0.160. The van der Waals surface area contributed by atoms with Crippen molar-refractivity contribution in [2.75, 3.05) is 18.0 Å². The average Bonchev–Trinajstić information content (AvgIpc) is 3.20. The summed E-state index contributed by atoms with van der Waals surface area (Å²) in [7, 11) is 0. The van der Waals surface area contributed by atoms with Gasteiger partial charge in [0, 0.05) is 34.8 Å². The van der Waals surface area contributed by atoms with Crippen LogP contribution in [0.4, 0.5) is 11.6 Å². The van der Waals surface area contributed by atoms with Crippen molar-refractivity contribution in [3.8, 4) is 16.9 Å². The summed E-state index contributed by atoms with van der Waals surface area (Å²) in [5.74, 6) is -0.477. The molecule has 39 heavy (non-hydrogen) atoms. The third-order valence-corrected chi connectivity index (χ3v) is 7.06. The first-order valence-electron chi connectivity index (χ1n) is 13.8. The molecule has 2 aromatic heterocycles. The van der Waals surface area contributed by atoms with Crippen molar-refractivity contribution < 1.29 is 22.1 Å². The van der Waals surface area contributed by atoms with E-state index in [1.807, 2.05) is 51.7 Å². The lowest BCUT2D eigenvalue weighted by atomic mass is 9.87. The van der Waals surface area contributed by atoms with Crippen molar-refractivity contribution >= 4 is 40.1 Å². The Labute approximate surface area is 236 Å². The number of nitrogens with zero attached hydrogens (tertiary/aromatic N) is 4. The molecule has 0 saturated heterocycles. The number of carboxylic acids is 1. The van der Waals surface area contributed by atoms with Crippen molar-refractivity contribution in [1.82, 2.24) is 14.5 Å². The highest BCUT2D eigenvalue weighted by atomic mass is 35.5. The maximum Gasteiger partial charge on any atom is 0.337 e. The van der Waals surface area contributed by atoms with E-state index < -0.39 is 24.2 Å². The summed E-state index contributed by atoms with van der Waals surface area (Å²) in [5.41, 5.74) is 4.99. The van der Waals surface area contributed by atoms with Crippen LogP contribution in [0.1, 0.15) is 53.4 Å². The van der Waals surface area contributed by atoms with Gasteiger partial charge in [0.2, 0.25) is 5.95 Å². The van der Waals surface area contributed by atoms with Crippen LogP contribution >= 0.6 is 11.6 Å². The van der Waals surface area contributed by atoms with Gasteiger partial charge in [-0.05, 0) is 76.4 Å². The summed E-state index contributed by atoms with van der Waals surface area (Å²) < 4.78 is 29.1. The number of benzene rings is 2.